The van der Waals surface area contributed by atoms with Crippen molar-refractivity contribution in [2.45, 2.75) is 33.1 Å². The molecule has 0 radical (unpaired) electrons. The third kappa shape index (κ3) is 6.13. The molecule has 3 rings (SSSR count). The summed E-state index contributed by atoms with van der Waals surface area (Å²) >= 11 is 0. The molecule has 0 atom stereocenters. The number of aromatic nitrogens is 2. The first-order chi connectivity index (χ1) is 15.1. The third-order valence-electron chi connectivity index (χ3n) is 5.09. The quantitative estimate of drug-likeness (QED) is 0.297. The number of rotatable bonds is 10. The van der Waals surface area contributed by atoms with Crippen molar-refractivity contribution in [3.05, 3.63) is 59.5 Å². The number of aryl methyl sites for hydroxylation is 2. The van der Waals surface area contributed by atoms with Crippen LogP contribution in [0.4, 0.5) is 0 Å². The summed E-state index contributed by atoms with van der Waals surface area (Å²) in [6.07, 6.45) is 6.91. The van der Waals surface area contributed by atoms with E-state index in [2.05, 4.69) is 51.3 Å². The number of hydrogen-bond donors (Lipinski definition) is 2. The van der Waals surface area contributed by atoms with E-state index in [9.17, 15) is 0 Å². The first kappa shape index (κ1) is 22.5. The Morgan fingerprint density at radius 2 is 1.97 bits per heavy atom. The second-order valence-electron chi connectivity index (χ2n) is 7.35. The number of methoxy groups -OCH3 is 1. The Balaban J connectivity index is 1.41. The molecule has 2 heterocycles. The van der Waals surface area contributed by atoms with Crippen molar-refractivity contribution in [1.82, 2.24) is 20.0 Å². The smallest absolute Gasteiger partial charge is 0.190 e. The summed E-state index contributed by atoms with van der Waals surface area (Å²) in [6.45, 7) is 6.30. The van der Waals surface area contributed by atoms with Crippen LogP contribution in [-0.4, -0.2) is 49.2 Å². The minimum Gasteiger partial charge on any atom is -0.493 e. The number of hydrogen-bond acceptors (Lipinski definition) is 4. The van der Waals surface area contributed by atoms with Gasteiger partial charge in [-0.2, -0.15) is 0 Å². The Hall–Kier alpha value is -3.22. The number of pyridine rings is 1. The summed E-state index contributed by atoms with van der Waals surface area (Å²) in [5.41, 5.74) is 4.51. The zero-order valence-corrected chi connectivity index (χ0v) is 18.9. The van der Waals surface area contributed by atoms with Crippen LogP contribution in [0.15, 0.2) is 47.7 Å². The molecule has 0 spiro atoms. The summed E-state index contributed by atoms with van der Waals surface area (Å²) in [7, 11) is 3.46. The second-order valence-corrected chi connectivity index (χ2v) is 7.35. The van der Waals surface area contributed by atoms with Gasteiger partial charge < -0.3 is 24.5 Å². The van der Waals surface area contributed by atoms with E-state index < -0.39 is 0 Å². The Morgan fingerprint density at radius 3 is 2.71 bits per heavy atom. The zero-order valence-electron chi connectivity index (χ0n) is 18.9. The molecule has 0 unspecified atom stereocenters. The van der Waals surface area contributed by atoms with E-state index in [-0.39, 0.29) is 0 Å². The van der Waals surface area contributed by atoms with Gasteiger partial charge in [0.15, 0.2) is 17.5 Å². The molecule has 0 saturated carbocycles. The van der Waals surface area contributed by atoms with E-state index >= 15 is 0 Å². The van der Waals surface area contributed by atoms with Gasteiger partial charge in [-0.3, -0.25) is 4.99 Å². The molecule has 0 fully saturated rings. The average molecular weight is 424 g/mol. The van der Waals surface area contributed by atoms with Crippen molar-refractivity contribution < 1.29 is 9.47 Å². The molecule has 0 amide bonds. The number of nitrogens with zero attached hydrogens (tertiary/aromatic N) is 3. The van der Waals surface area contributed by atoms with E-state index in [4.69, 9.17) is 14.5 Å². The fourth-order valence-corrected chi connectivity index (χ4v) is 3.50. The van der Waals surface area contributed by atoms with Gasteiger partial charge in [0, 0.05) is 39.0 Å². The van der Waals surface area contributed by atoms with Crippen LogP contribution in [0, 0.1) is 6.92 Å². The molecule has 166 valence electrons. The Labute approximate surface area is 184 Å². The molecule has 0 bridgehead atoms. The minimum absolute atomic E-state index is 0.623. The van der Waals surface area contributed by atoms with Gasteiger partial charge >= 0.3 is 0 Å². The van der Waals surface area contributed by atoms with Crippen LogP contribution >= 0.6 is 0 Å². The normalized spacial score (nSPS) is 11.5. The minimum atomic E-state index is 0.623. The monoisotopic (exact) mass is 423 g/mol. The van der Waals surface area contributed by atoms with E-state index in [1.54, 1.807) is 14.2 Å². The molecule has 2 N–H and O–H groups in total. The van der Waals surface area contributed by atoms with Gasteiger partial charge in [0.05, 0.1) is 19.4 Å². The number of fused-ring (bicyclic) bond motifs is 1. The van der Waals surface area contributed by atoms with Gasteiger partial charge in [0.1, 0.15) is 5.65 Å². The number of imidazole rings is 1. The lowest BCUT2D eigenvalue weighted by atomic mass is 10.1. The van der Waals surface area contributed by atoms with Gasteiger partial charge in [-0.15, -0.1) is 0 Å². The number of benzene rings is 1. The number of nitrogens with one attached hydrogen (secondary N) is 2. The molecule has 31 heavy (non-hydrogen) atoms. The lowest BCUT2D eigenvalue weighted by molar-refractivity contribution is 0.310. The van der Waals surface area contributed by atoms with Gasteiger partial charge in [-0.05, 0) is 56.0 Å². The molecule has 0 saturated heterocycles. The lowest BCUT2D eigenvalue weighted by Crippen LogP contribution is -2.38. The van der Waals surface area contributed by atoms with Crippen LogP contribution in [0.25, 0.3) is 5.65 Å². The zero-order chi connectivity index (χ0) is 22.1. The molecular weight excluding hydrogens is 390 g/mol. The van der Waals surface area contributed by atoms with Gasteiger partial charge in [0.2, 0.25) is 0 Å². The van der Waals surface area contributed by atoms with Crippen LogP contribution in [0.5, 0.6) is 11.5 Å². The van der Waals surface area contributed by atoms with E-state index in [1.165, 1.54) is 11.1 Å². The van der Waals surface area contributed by atoms with Crippen molar-refractivity contribution >= 4 is 11.6 Å². The van der Waals surface area contributed by atoms with Gasteiger partial charge in [-0.25, -0.2) is 4.98 Å². The second kappa shape index (κ2) is 11.2. The molecule has 2 aromatic heterocycles. The van der Waals surface area contributed by atoms with Crippen molar-refractivity contribution in [2.75, 3.05) is 33.9 Å². The fourth-order valence-electron chi connectivity index (χ4n) is 3.50. The molecule has 0 aliphatic heterocycles. The first-order valence-electron chi connectivity index (χ1n) is 10.8. The molecule has 0 aliphatic rings. The molecule has 1 aromatic carbocycles. The molecule has 7 nitrogen and oxygen atoms in total. The van der Waals surface area contributed by atoms with Crippen molar-refractivity contribution in [3.63, 3.8) is 0 Å². The molecule has 3 aromatic rings. The highest BCUT2D eigenvalue weighted by Gasteiger charge is 2.06. The standard InChI is InChI=1S/C24H33N5O2/c1-5-31-22-16-19(10-11-21(22)30-4)9-6-13-26-24(25-3)27-14-12-20-17-29-15-7-8-18(2)23(29)28-20/h7-8,10-11,15-17H,5-6,9,12-14H2,1-4H3,(H2,25,26,27). The van der Waals surface area contributed by atoms with Gasteiger partial charge in [-0.1, -0.05) is 12.1 Å². The van der Waals surface area contributed by atoms with Crippen LogP contribution in [0.3, 0.4) is 0 Å². The predicted octanol–water partition coefficient (Wildman–Crippen LogP) is 3.39. The van der Waals surface area contributed by atoms with E-state index in [0.717, 1.165) is 61.2 Å². The summed E-state index contributed by atoms with van der Waals surface area (Å²) in [5.74, 6) is 2.38. The van der Waals surface area contributed by atoms with Gasteiger partial charge in [0.25, 0.3) is 0 Å². The topological polar surface area (TPSA) is 72.2 Å². The Kier molecular flexibility index (Phi) is 8.15. The highest BCUT2D eigenvalue weighted by Crippen LogP contribution is 2.28. The van der Waals surface area contributed by atoms with Crippen LogP contribution in [0.1, 0.15) is 30.2 Å². The Bertz CT molecular complexity index is 1010. The lowest BCUT2D eigenvalue weighted by Gasteiger charge is -2.13. The number of aliphatic imine (C=N–C) groups is 1. The Morgan fingerprint density at radius 1 is 1.13 bits per heavy atom. The van der Waals surface area contributed by atoms with E-state index in [1.807, 2.05) is 25.3 Å². The van der Waals surface area contributed by atoms with E-state index in [0.29, 0.717) is 6.61 Å². The maximum atomic E-state index is 5.66. The van der Waals surface area contributed by atoms with Crippen LogP contribution in [0.2, 0.25) is 0 Å². The SMILES string of the molecule is CCOc1cc(CCCNC(=NC)NCCc2cn3cccc(C)c3n2)ccc1OC. The maximum absolute atomic E-state index is 5.66. The van der Waals surface area contributed by atoms with Crippen LogP contribution < -0.4 is 20.1 Å². The maximum Gasteiger partial charge on any atom is 0.190 e. The van der Waals surface area contributed by atoms with Crippen molar-refractivity contribution in [3.8, 4) is 11.5 Å². The summed E-state index contributed by atoms with van der Waals surface area (Å²) in [6, 6.07) is 10.2. The molecular formula is C24H33N5O2. The fraction of sp³-hybridized carbons (Fsp3) is 0.417. The average Bonchev–Trinajstić information content (AvgIpc) is 3.20. The third-order valence-corrected chi connectivity index (χ3v) is 5.09. The first-order valence-corrected chi connectivity index (χ1v) is 10.8. The molecule has 7 heteroatoms. The predicted molar refractivity (Wildman–Crippen MR) is 125 cm³/mol. The van der Waals surface area contributed by atoms with Crippen LogP contribution in [-0.2, 0) is 12.8 Å². The number of guanidine groups is 1. The van der Waals surface area contributed by atoms with Crippen molar-refractivity contribution in [2.24, 2.45) is 4.99 Å². The highest BCUT2D eigenvalue weighted by molar-refractivity contribution is 5.79. The summed E-state index contributed by atoms with van der Waals surface area (Å²) < 4.78 is 13.1. The summed E-state index contributed by atoms with van der Waals surface area (Å²) in [4.78, 5) is 9.03. The summed E-state index contributed by atoms with van der Waals surface area (Å²) in [5, 5.41) is 6.75. The van der Waals surface area contributed by atoms with Crippen molar-refractivity contribution in [1.29, 1.82) is 0 Å². The molecule has 0 aliphatic carbocycles. The highest BCUT2D eigenvalue weighted by atomic mass is 16.5. The largest absolute Gasteiger partial charge is 0.493 e. The number of ether oxygens (including phenoxy) is 2.